The van der Waals surface area contributed by atoms with Crippen molar-refractivity contribution in [2.45, 2.75) is 19.4 Å². The van der Waals surface area contributed by atoms with E-state index in [1.54, 1.807) is 12.5 Å². The predicted molar refractivity (Wildman–Crippen MR) is 85.4 cm³/mol. The first kappa shape index (κ1) is 12.3. The monoisotopic (exact) mass is 275 g/mol. The summed E-state index contributed by atoms with van der Waals surface area (Å²) in [5.41, 5.74) is 7.90. The summed E-state index contributed by atoms with van der Waals surface area (Å²) in [6, 6.07) is 17.6. The quantitative estimate of drug-likeness (QED) is 0.567. The van der Waals surface area contributed by atoms with Crippen LogP contribution >= 0.6 is 0 Å². The Hall–Kier alpha value is -2.48. The maximum atomic E-state index is 5.15. The van der Waals surface area contributed by atoms with E-state index in [0.717, 1.165) is 12.1 Å². The Bertz CT molecular complexity index is 774. The third kappa shape index (κ3) is 2.13. The topological polar surface area (TPSA) is 25.2 Å². The molecule has 0 aliphatic heterocycles. The van der Waals surface area contributed by atoms with Crippen molar-refractivity contribution in [2.75, 3.05) is 5.32 Å². The molecule has 2 aromatic carbocycles. The summed E-state index contributed by atoms with van der Waals surface area (Å²) in [6.07, 6.45) is 4.54. The van der Waals surface area contributed by atoms with E-state index >= 15 is 0 Å². The van der Waals surface area contributed by atoms with Gasteiger partial charge in [0.1, 0.15) is 0 Å². The second-order valence-corrected chi connectivity index (χ2v) is 5.63. The lowest BCUT2D eigenvalue weighted by molar-refractivity contribution is 0.562. The molecule has 104 valence electrons. The van der Waals surface area contributed by atoms with Crippen molar-refractivity contribution in [2.24, 2.45) is 0 Å². The number of anilines is 1. The summed E-state index contributed by atoms with van der Waals surface area (Å²) in [5.74, 6) is 0. The summed E-state index contributed by atoms with van der Waals surface area (Å²) < 4.78 is 5.15. The fraction of sp³-hybridized carbons (Fsp3) is 0.158. The third-order valence-electron chi connectivity index (χ3n) is 4.22. The maximum Gasteiger partial charge on any atom is 0.0955 e. The largest absolute Gasteiger partial charge is 0.472 e. The Morgan fingerprint density at radius 2 is 1.86 bits per heavy atom. The molecule has 1 N–H and O–H groups in total. The van der Waals surface area contributed by atoms with Gasteiger partial charge in [0.05, 0.1) is 18.6 Å². The molecule has 21 heavy (non-hydrogen) atoms. The molecule has 0 amide bonds. The van der Waals surface area contributed by atoms with Gasteiger partial charge in [0, 0.05) is 11.3 Å². The van der Waals surface area contributed by atoms with Gasteiger partial charge >= 0.3 is 0 Å². The molecule has 1 atom stereocenters. The highest BCUT2D eigenvalue weighted by molar-refractivity contribution is 5.78. The first-order chi connectivity index (χ1) is 10.3. The normalized spacial score (nSPS) is 13.6. The van der Waals surface area contributed by atoms with Crippen molar-refractivity contribution in [3.63, 3.8) is 0 Å². The summed E-state index contributed by atoms with van der Waals surface area (Å²) in [7, 11) is 0. The van der Waals surface area contributed by atoms with Crippen LogP contribution in [0.1, 0.15) is 29.7 Å². The fourth-order valence-electron chi connectivity index (χ4n) is 3.09. The number of nitrogens with one attached hydrogen (secondary N) is 1. The van der Waals surface area contributed by atoms with Crippen molar-refractivity contribution in [1.29, 1.82) is 0 Å². The van der Waals surface area contributed by atoms with Crippen LogP contribution in [0.4, 0.5) is 5.69 Å². The Kier molecular flexibility index (Phi) is 2.81. The molecule has 1 heterocycles. The van der Waals surface area contributed by atoms with Gasteiger partial charge in [-0.2, -0.15) is 0 Å². The van der Waals surface area contributed by atoms with Crippen LogP contribution in [0.25, 0.3) is 11.1 Å². The number of furan rings is 1. The molecule has 0 radical (unpaired) electrons. The number of hydrogen-bond donors (Lipinski definition) is 1. The highest BCUT2D eigenvalue weighted by Crippen LogP contribution is 2.38. The molecule has 0 spiro atoms. The summed E-state index contributed by atoms with van der Waals surface area (Å²) in [6.45, 7) is 2.15. The summed E-state index contributed by atoms with van der Waals surface area (Å²) in [5, 5.41) is 3.54. The van der Waals surface area contributed by atoms with Gasteiger partial charge in [-0.05, 0) is 53.8 Å². The molecule has 1 aliphatic carbocycles. The zero-order valence-corrected chi connectivity index (χ0v) is 12.0. The number of benzene rings is 2. The molecular formula is C19H17NO. The molecule has 1 aromatic heterocycles. The maximum absolute atomic E-state index is 5.15. The van der Waals surface area contributed by atoms with Crippen LogP contribution in [0, 0.1) is 0 Å². The smallest absolute Gasteiger partial charge is 0.0955 e. The van der Waals surface area contributed by atoms with E-state index in [4.69, 9.17) is 4.42 Å². The molecule has 0 saturated heterocycles. The second kappa shape index (κ2) is 4.81. The standard InChI is InChI=1S/C19H17NO/c1-13(15-8-9-21-12-15)20-17-6-7-19-16(11-17)10-14-4-2-3-5-18(14)19/h2-9,11-13,20H,10H2,1H3. The van der Waals surface area contributed by atoms with E-state index in [1.165, 1.54) is 27.8 Å². The van der Waals surface area contributed by atoms with Gasteiger partial charge in [0.2, 0.25) is 0 Å². The Labute approximate surface area is 124 Å². The van der Waals surface area contributed by atoms with E-state index in [2.05, 4.69) is 54.7 Å². The minimum atomic E-state index is 0.241. The first-order valence-corrected chi connectivity index (χ1v) is 7.31. The average Bonchev–Trinajstić information content (AvgIpc) is 3.14. The Morgan fingerprint density at radius 3 is 2.71 bits per heavy atom. The van der Waals surface area contributed by atoms with Gasteiger partial charge in [-0.1, -0.05) is 30.3 Å². The van der Waals surface area contributed by atoms with E-state index in [0.29, 0.717) is 0 Å². The summed E-state index contributed by atoms with van der Waals surface area (Å²) in [4.78, 5) is 0. The second-order valence-electron chi connectivity index (χ2n) is 5.63. The molecule has 3 aromatic rings. The van der Waals surface area contributed by atoms with Crippen molar-refractivity contribution in [3.8, 4) is 11.1 Å². The predicted octanol–water partition coefficient (Wildman–Crippen LogP) is 5.02. The Balaban J connectivity index is 1.62. The third-order valence-corrected chi connectivity index (χ3v) is 4.22. The van der Waals surface area contributed by atoms with Crippen molar-refractivity contribution in [1.82, 2.24) is 0 Å². The van der Waals surface area contributed by atoms with E-state index in [9.17, 15) is 0 Å². The SMILES string of the molecule is CC(Nc1ccc2c(c1)Cc1ccccc1-2)c1ccoc1. The minimum Gasteiger partial charge on any atom is -0.472 e. The lowest BCUT2D eigenvalue weighted by atomic mass is 10.1. The van der Waals surface area contributed by atoms with Crippen molar-refractivity contribution in [3.05, 3.63) is 77.7 Å². The lowest BCUT2D eigenvalue weighted by Crippen LogP contribution is -2.05. The molecule has 0 bridgehead atoms. The van der Waals surface area contributed by atoms with Gasteiger partial charge in [-0.25, -0.2) is 0 Å². The number of fused-ring (bicyclic) bond motifs is 3. The van der Waals surface area contributed by atoms with Crippen LogP contribution in [-0.4, -0.2) is 0 Å². The highest BCUT2D eigenvalue weighted by Gasteiger charge is 2.18. The zero-order chi connectivity index (χ0) is 14.2. The Morgan fingerprint density at radius 1 is 1.00 bits per heavy atom. The van der Waals surface area contributed by atoms with Crippen LogP contribution in [0.2, 0.25) is 0 Å². The van der Waals surface area contributed by atoms with Crippen molar-refractivity contribution < 1.29 is 4.42 Å². The first-order valence-electron chi connectivity index (χ1n) is 7.31. The van der Waals surface area contributed by atoms with E-state index in [1.807, 2.05) is 6.07 Å². The molecule has 2 nitrogen and oxygen atoms in total. The van der Waals surface area contributed by atoms with Crippen LogP contribution in [0.3, 0.4) is 0 Å². The van der Waals surface area contributed by atoms with Gasteiger partial charge < -0.3 is 9.73 Å². The van der Waals surface area contributed by atoms with Crippen LogP contribution in [-0.2, 0) is 6.42 Å². The molecule has 4 rings (SSSR count). The number of rotatable bonds is 3. The highest BCUT2D eigenvalue weighted by atomic mass is 16.3. The van der Waals surface area contributed by atoms with Gasteiger partial charge in [0.25, 0.3) is 0 Å². The number of hydrogen-bond acceptors (Lipinski definition) is 2. The molecule has 0 saturated carbocycles. The molecule has 1 unspecified atom stereocenters. The van der Waals surface area contributed by atoms with Gasteiger partial charge in [0.15, 0.2) is 0 Å². The van der Waals surface area contributed by atoms with Crippen LogP contribution in [0.15, 0.2) is 65.5 Å². The molecule has 2 heteroatoms. The summed E-state index contributed by atoms with van der Waals surface area (Å²) >= 11 is 0. The van der Waals surface area contributed by atoms with Crippen LogP contribution < -0.4 is 5.32 Å². The van der Waals surface area contributed by atoms with E-state index < -0.39 is 0 Å². The van der Waals surface area contributed by atoms with Gasteiger partial charge in [-0.15, -0.1) is 0 Å². The van der Waals surface area contributed by atoms with Crippen molar-refractivity contribution >= 4 is 5.69 Å². The molecule has 1 aliphatic rings. The van der Waals surface area contributed by atoms with E-state index in [-0.39, 0.29) is 6.04 Å². The lowest BCUT2D eigenvalue weighted by Gasteiger charge is -2.14. The van der Waals surface area contributed by atoms with Crippen LogP contribution in [0.5, 0.6) is 0 Å². The minimum absolute atomic E-state index is 0.241. The zero-order valence-electron chi connectivity index (χ0n) is 12.0. The van der Waals surface area contributed by atoms with Gasteiger partial charge in [-0.3, -0.25) is 0 Å². The fourth-order valence-corrected chi connectivity index (χ4v) is 3.09. The average molecular weight is 275 g/mol. The molecular weight excluding hydrogens is 258 g/mol. The molecule has 0 fully saturated rings.